The molecule has 3 rings (SSSR count). The van der Waals surface area contributed by atoms with E-state index < -0.39 is 21.6 Å². The van der Waals surface area contributed by atoms with Gasteiger partial charge in [0.25, 0.3) is 0 Å². The van der Waals surface area contributed by atoms with Crippen LogP contribution in [0.5, 0.6) is 0 Å². The summed E-state index contributed by atoms with van der Waals surface area (Å²) >= 11 is 0. The van der Waals surface area contributed by atoms with E-state index in [9.17, 15) is 13.6 Å². The van der Waals surface area contributed by atoms with Gasteiger partial charge in [-0.3, -0.25) is 8.42 Å². The first-order valence-electron chi connectivity index (χ1n) is 8.54. The molecule has 2 atom stereocenters. The molecule has 140 valence electrons. The van der Waals surface area contributed by atoms with Crippen molar-refractivity contribution < 1.29 is 13.1 Å². The van der Waals surface area contributed by atoms with Crippen molar-refractivity contribution in [2.75, 3.05) is 0 Å². The molecule has 0 fully saturated rings. The first-order chi connectivity index (χ1) is 12.9. The van der Waals surface area contributed by atoms with Crippen molar-refractivity contribution in [2.45, 2.75) is 35.1 Å². The van der Waals surface area contributed by atoms with Crippen LogP contribution >= 0.6 is 0 Å². The smallest absolute Gasteiger partial charge is 0.205 e. The van der Waals surface area contributed by atoms with Gasteiger partial charge in [-0.05, 0) is 44.2 Å². The molecule has 1 heterocycles. The maximum atomic E-state index is 12.7. The maximum Gasteiger partial charge on any atom is 0.205 e. The number of aromatic nitrogens is 1. The quantitative estimate of drug-likeness (QED) is 0.470. The minimum atomic E-state index is -1.31. The summed E-state index contributed by atoms with van der Waals surface area (Å²) in [5.41, 5.74) is 3.00. The van der Waals surface area contributed by atoms with Gasteiger partial charge in [-0.1, -0.05) is 35.4 Å². The van der Waals surface area contributed by atoms with Crippen LogP contribution in [0.15, 0.2) is 76.5 Å². The van der Waals surface area contributed by atoms with Crippen molar-refractivity contribution in [1.29, 1.82) is 0 Å². The largest absolute Gasteiger partial charge is 0.618 e. The summed E-state index contributed by atoms with van der Waals surface area (Å²) in [6, 6.07) is 20.0. The third-order valence-electron chi connectivity index (χ3n) is 4.22. The van der Waals surface area contributed by atoms with Crippen LogP contribution in [0, 0.1) is 19.1 Å². The van der Waals surface area contributed by atoms with Gasteiger partial charge in [0.1, 0.15) is 11.5 Å². The summed E-state index contributed by atoms with van der Waals surface area (Å²) in [6.07, 6.45) is 0. The van der Waals surface area contributed by atoms with Crippen LogP contribution < -0.4 is 4.73 Å². The molecular formula is C21H21NO3S2. The van der Waals surface area contributed by atoms with Gasteiger partial charge in [0, 0.05) is 21.9 Å². The van der Waals surface area contributed by atoms with E-state index in [0.717, 1.165) is 15.9 Å². The highest BCUT2D eigenvalue weighted by Crippen LogP contribution is 2.14. The lowest BCUT2D eigenvalue weighted by molar-refractivity contribution is -0.620. The van der Waals surface area contributed by atoms with Gasteiger partial charge in [0.15, 0.2) is 0 Å². The van der Waals surface area contributed by atoms with E-state index in [1.807, 2.05) is 62.4 Å². The van der Waals surface area contributed by atoms with Crippen molar-refractivity contribution in [3.8, 4) is 0 Å². The zero-order valence-corrected chi connectivity index (χ0v) is 16.9. The molecule has 6 heteroatoms. The van der Waals surface area contributed by atoms with Gasteiger partial charge in [0.05, 0.1) is 21.6 Å². The highest BCUT2D eigenvalue weighted by Gasteiger charge is 2.17. The van der Waals surface area contributed by atoms with Crippen molar-refractivity contribution in [3.63, 3.8) is 0 Å². The Morgan fingerprint density at radius 1 is 0.704 bits per heavy atom. The molecule has 0 spiro atoms. The minimum Gasteiger partial charge on any atom is -0.618 e. The third kappa shape index (κ3) is 4.90. The molecule has 2 aromatic carbocycles. The van der Waals surface area contributed by atoms with Gasteiger partial charge in [-0.25, -0.2) is 0 Å². The predicted molar refractivity (Wildman–Crippen MR) is 108 cm³/mol. The topological polar surface area (TPSA) is 61.1 Å². The summed E-state index contributed by atoms with van der Waals surface area (Å²) in [7, 11) is -2.62. The summed E-state index contributed by atoms with van der Waals surface area (Å²) < 4.78 is 25.9. The van der Waals surface area contributed by atoms with E-state index in [0.29, 0.717) is 21.2 Å². The van der Waals surface area contributed by atoms with Gasteiger partial charge in [-0.15, -0.1) is 0 Å². The Kier molecular flexibility index (Phi) is 6.19. The monoisotopic (exact) mass is 399 g/mol. The van der Waals surface area contributed by atoms with Crippen molar-refractivity contribution in [2.24, 2.45) is 0 Å². The number of benzene rings is 2. The van der Waals surface area contributed by atoms with Gasteiger partial charge < -0.3 is 5.21 Å². The van der Waals surface area contributed by atoms with Crippen molar-refractivity contribution >= 4 is 21.6 Å². The molecule has 0 unspecified atom stereocenters. The Bertz CT molecular complexity index is 906. The van der Waals surface area contributed by atoms with E-state index in [-0.39, 0.29) is 11.5 Å². The number of hydrogen-bond donors (Lipinski definition) is 0. The van der Waals surface area contributed by atoms with Crippen LogP contribution in [-0.4, -0.2) is 8.42 Å². The molecule has 4 nitrogen and oxygen atoms in total. The fraction of sp³-hybridized carbons (Fsp3) is 0.190. The van der Waals surface area contributed by atoms with E-state index in [1.165, 1.54) is 0 Å². The third-order valence-corrected chi connectivity index (χ3v) is 6.94. The van der Waals surface area contributed by atoms with Crippen LogP contribution in [0.4, 0.5) is 0 Å². The molecule has 0 bridgehead atoms. The van der Waals surface area contributed by atoms with E-state index in [1.54, 1.807) is 18.2 Å². The van der Waals surface area contributed by atoms with Gasteiger partial charge in [0.2, 0.25) is 11.4 Å². The van der Waals surface area contributed by atoms with Crippen molar-refractivity contribution in [1.82, 2.24) is 0 Å². The molecular weight excluding hydrogens is 378 g/mol. The average molecular weight is 400 g/mol. The second kappa shape index (κ2) is 8.59. The molecule has 0 amide bonds. The summed E-state index contributed by atoms with van der Waals surface area (Å²) in [5.74, 6) is 0.245. The van der Waals surface area contributed by atoms with Gasteiger partial charge >= 0.3 is 0 Å². The minimum absolute atomic E-state index is 0.123. The second-order valence-corrected chi connectivity index (χ2v) is 9.31. The van der Waals surface area contributed by atoms with Crippen LogP contribution in [-0.2, 0) is 33.1 Å². The van der Waals surface area contributed by atoms with Crippen LogP contribution in [0.3, 0.4) is 0 Å². The molecule has 1 aromatic heterocycles. The predicted octanol–water partition coefficient (Wildman–Crippen LogP) is 3.55. The average Bonchev–Trinajstić information content (AvgIpc) is 2.66. The molecule has 27 heavy (non-hydrogen) atoms. The highest BCUT2D eigenvalue weighted by molar-refractivity contribution is 7.84. The number of aryl methyl sites for hydroxylation is 2. The zero-order chi connectivity index (χ0) is 19.4. The number of pyridine rings is 1. The molecule has 0 aliphatic rings. The van der Waals surface area contributed by atoms with Crippen LogP contribution in [0.2, 0.25) is 0 Å². The molecule has 0 N–H and O–H groups in total. The first kappa shape index (κ1) is 19.5. The Balaban J connectivity index is 1.77. The fourth-order valence-electron chi connectivity index (χ4n) is 2.62. The lowest BCUT2D eigenvalue weighted by Gasteiger charge is -2.10. The van der Waals surface area contributed by atoms with E-state index in [4.69, 9.17) is 0 Å². The van der Waals surface area contributed by atoms with Gasteiger partial charge in [-0.2, -0.15) is 4.73 Å². The summed E-state index contributed by atoms with van der Waals surface area (Å²) in [5, 5.41) is 12.7. The lowest BCUT2D eigenvalue weighted by atomic mass is 10.2. The van der Waals surface area contributed by atoms with Crippen molar-refractivity contribution in [3.05, 3.63) is 94.5 Å². The molecule has 3 aromatic rings. The molecule has 0 radical (unpaired) electrons. The Hall–Kier alpha value is -2.31. The molecule has 0 aliphatic heterocycles. The maximum absolute atomic E-state index is 12.7. The first-order valence-corrected chi connectivity index (χ1v) is 11.2. The SMILES string of the molecule is Cc1ccc([S@](=O)Cc2cccc(C[S@@](=O)c3ccc(C)cc3)[n+]2[O-])cc1. The summed E-state index contributed by atoms with van der Waals surface area (Å²) in [4.78, 5) is 1.38. The Labute approximate surface area is 164 Å². The van der Waals surface area contributed by atoms with Crippen LogP contribution in [0.1, 0.15) is 22.5 Å². The Morgan fingerprint density at radius 3 is 1.44 bits per heavy atom. The number of nitrogens with zero attached hydrogens (tertiary/aromatic N) is 1. The van der Waals surface area contributed by atoms with E-state index >= 15 is 0 Å². The fourth-order valence-corrected chi connectivity index (χ4v) is 4.80. The molecule has 0 saturated heterocycles. The molecule has 0 aliphatic carbocycles. The zero-order valence-electron chi connectivity index (χ0n) is 15.3. The normalized spacial score (nSPS) is 13.3. The Morgan fingerprint density at radius 2 is 1.07 bits per heavy atom. The number of rotatable bonds is 6. The highest BCUT2D eigenvalue weighted by atomic mass is 32.2. The standard InChI is InChI=1S/C21H21NO3S2/c1-16-6-10-20(11-7-16)26(24)14-18-4-3-5-19(22(18)23)15-27(25)21-12-8-17(2)9-13-21/h3-13H,14-15H2,1-2H3/t26-,27-/m1/s1. The summed E-state index contributed by atoms with van der Waals surface area (Å²) in [6.45, 7) is 3.94. The number of hydrogen-bond acceptors (Lipinski definition) is 3. The lowest BCUT2D eigenvalue weighted by Crippen LogP contribution is -2.37. The second-order valence-electron chi connectivity index (χ2n) is 6.41. The molecule has 0 saturated carbocycles. The van der Waals surface area contributed by atoms with E-state index in [2.05, 4.69) is 0 Å². The van der Waals surface area contributed by atoms with Crippen LogP contribution in [0.25, 0.3) is 0 Å².